The standard InChI is InChI=1S/C7H7N3/c8-6-7(2-3-7)10-5-1-4-9-10/h1,4-5H,2-3H2. The second-order valence-electron chi connectivity index (χ2n) is 2.59. The van der Waals surface area contributed by atoms with Gasteiger partial charge in [-0.05, 0) is 18.9 Å². The molecule has 1 fully saturated rings. The fourth-order valence-corrected chi connectivity index (χ4v) is 1.03. The predicted octanol–water partition coefficient (Wildman–Crippen LogP) is 0.896. The molecular formula is C7H7N3. The molecular weight excluding hydrogens is 126 g/mol. The monoisotopic (exact) mass is 133 g/mol. The highest BCUT2D eigenvalue weighted by Gasteiger charge is 2.45. The van der Waals surface area contributed by atoms with Gasteiger partial charge in [-0.3, -0.25) is 4.68 Å². The molecule has 1 aromatic heterocycles. The van der Waals surface area contributed by atoms with Gasteiger partial charge in [0.15, 0.2) is 0 Å². The van der Waals surface area contributed by atoms with E-state index in [0.717, 1.165) is 12.8 Å². The molecule has 1 aromatic rings. The molecule has 10 heavy (non-hydrogen) atoms. The van der Waals surface area contributed by atoms with Crippen molar-refractivity contribution < 1.29 is 0 Å². The summed E-state index contributed by atoms with van der Waals surface area (Å²) in [5, 5.41) is 12.7. The smallest absolute Gasteiger partial charge is 0.149 e. The third-order valence-corrected chi connectivity index (χ3v) is 1.87. The Hall–Kier alpha value is -1.30. The molecule has 0 radical (unpaired) electrons. The highest BCUT2D eigenvalue weighted by molar-refractivity contribution is 5.15. The number of rotatable bonds is 1. The highest BCUT2D eigenvalue weighted by Crippen LogP contribution is 2.41. The van der Waals surface area contributed by atoms with Crippen LogP contribution in [0.4, 0.5) is 0 Å². The van der Waals surface area contributed by atoms with Crippen LogP contribution in [0.5, 0.6) is 0 Å². The van der Waals surface area contributed by atoms with Crippen LogP contribution in [0.2, 0.25) is 0 Å². The molecule has 0 spiro atoms. The summed E-state index contributed by atoms with van der Waals surface area (Å²) in [7, 11) is 0. The van der Waals surface area contributed by atoms with Crippen LogP contribution in [0.25, 0.3) is 0 Å². The second-order valence-corrected chi connectivity index (χ2v) is 2.59. The van der Waals surface area contributed by atoms with Crippen molar-refractivity contribution in [2.24, 2.45) is 0 Å². The molecule has 0 amide bonds. The first kappa shape index (κ1) is 5.48. The molecule has 2 rings (SSSR count). The van der Waals surface area contributed by atoms with Gasteiger partial charge >= 0.3 is 0 Å². The van der Waals surface area contributed by atoms with Crippen molar-refractivity contribution in [1.82, 2.24) is 9.78 Å². The van der Waals surface area contributed by atoms with E-state index in [9.17, 15) is 0 Å². The van der Waals surface area contributed by atoms with Gasteiger partial charge in [-0.25, -0.2) is 0 Å². The Morgan fingerprint density at radius 2 is 2.40 bits per heavy atom. The van der Waals surface area contributed by atoms with Crippen LogP contribution in [0.1, 0.15) is 12.8 Å². The summed E-state index contributed by atoms with van der Waals surface area (Å²) in [6.45, 7) is 0. The van der Waals surface area contributed by atoms with Gasteiger partial charge in [0.05, 0.1) is 6.07 Å². The quantitative estimate of drug-likeness (QED) is 0.571. The molecule has 0 unspecified atom stereocenters. The molecule has 0 saturated heterocycles. The van der Waals surface area contributed by atoms with E-state index in [4.69, 9.17) is 5.26 Å². The maximum Gasteiger partial charge on any atom is 0.149 e. The van der Waals surface area contributed by atoms with Gasteiger partial charge < -0.3 is 0 Å². The van der Waals surface area contributed by atoms with E-state index in [-0.39, 0.29) is 5.54 Å². The molecule has 0 atom stereocenters. The first-order valence-corrected chi connectivity index (χ1v) is 3.29. The van der Waals surface area contributed by atoms with Crippen molar-refractivity contribution in [2.75, 3.05) is 0 Å². The lowest BCUT2D eigenvalue weighted by atomic mass is 10.3. The van der Waals surface area contributed by atoms with Crippen molar-refractivity contribution >= 4 is 0 Å². The fourth-order valence-electron chi connectivity index (χ4n) is 1.03. The fraction of sp³-hybridized carbons (Fsp3) is 0.429. The molecule has 0 N–H and O–H groups in total. The molecule has 0 aliphatic heterocycles. The summed E-state index contributed by atoms with van der Waals surface area (Å²) in [5.41, 5.74) is -0.274. The summed E-state index contributed by atoms with van der Waals surface area (Å²) in [6, 6.07) is 4.10. The average Bonchev–Trinajstić information content (AvgIpc) is 2.58. The molecule has 1 saturated carbocycles. The predicted molar refractivity (Wildman–Crippen MR) is 35.0 cm³/mol. The van der Waals surface area contributed by atoms with Gasteiger partial charge in [-0.1, -0.05) is 0 Å². The van der Waals surface area contributed by atoms with Crippen LogP contribution in [0.15, 0.2) is 18.5 Å². The minimum absolute atomic E-state index is 0.274. The maximum atomic E-state index is 8.72. The van der Waals surface area contributed by atoms with Crippen molar-refractivity contribution in [1.29, 1.82) is 5.26 Å². The first-order valence-electron chi connectivity index (χ1n) is 3.29. The summed E-state index contributed by atoms with van der Waals surface area (Å²) in [6.07, 6.45) is 5.45. The Morgan fingerprint density at radius 1 is 1.60 bits per heavy atom. The summed E-state index contributed by atoms with van der Waals surface area (Å²) in [5.74, 6) is 0. The van der Waals surface area contributed by atoms with Crippen molar-refractivity contribution in [3.63, 3.8) is 0 Å². The molecule has 3 nitrogen and oxygen atoms in total. The second kappa shape index (κ2) is 1.60. The summed E-state index contributed by atoms with van der Waals surface area (Å²) >= 11 is 0. The van der Waals surface area contributed by atoms with Crippen molar-refractivity contribution in [3.05, 3.63) is 18.5 Å². The summed E-state index contributed by atoms with van der Waals surface area (Å²) in [4.78, 5) is 0. The first-order chi connectivity index (χ1) is 4.87. The van der Waals surface area contributed by atoms with Gasteiger partial charge in [0.2, 0.25) is 0 Å². The molecule has 3 heteroatoms. The van der Waals surface area contributed by atoms with E-state index in [1.165, 1.54) is 0 Å². The van der Waals surface area contributed by atoms with Crippen LogP contribution in [-0.2, 0) is 5.54 Å². The minimum Gasteiger partial charge on any atom is -0.252 e. The molecule has 0 bridgehead atoms. The number of nitriles is 1. The number of nitrogens with zero attached hydrogens (tertiary/aromatic N) is 3. The van der Waals surface area contributed by atoms with E-state index in [1.54, 1.807) is 10.9 Å². The maximum absolute atomic E-state index is 8.72. The largest absolute Gasteiger partial charge is 0.252 e. The minimum atomic E-state index is -0.274. The van der Waals surface area contributed by atoms with Crippen molar-refractivity contribution in [3.8, 4) is 6.07 Å². The Balaban J connectivity index is 2.38. The van der Waals surface area contributed by atoms with Gasteiger partial charge in [0.1, 0.15) is 5.54 Å². The zero-order valence-corrected chi connectivity index (χ0v) is 5.49. The molecule has 50 valence electrons. The van der Waals surface area contributed by atoms with Crippen LogP contribution in [0.3, 0.4) is 0 Å². The van der Waals surface area contributed by atoms with E-state index < -0.39 is 0 Å². The van der Waals surface area contributed by atoms with Crippen molar-refractivity contribution in [2.45, 2.75) is 18.4 Å². The van der Waals surface area contributed by atoms with E-state index in [1.807, 2.05) is 12.3 Å². The topological polar surface area (TPSA) is 41.6 Å². The molecule has 0 aromatic carbocycles. The zero-order chi connectivity index (χ0) is 7.03. The third kappa shape index (κ3) is 0.561. The Kier molecular flexibility index (Phi) is 0.877. The van der Waals surface area contributed by atoms with Crippen LogP contribution in [0, 0.1) is 11.3 Å². The van der Waals surface area contributed by atoms with E-state index >= 15 is 0 Å². The lowest BCUT2D eigenvalue weighted by Crippen LogP contribution is -2.14. The Labute approximate surface area is 58.9 Å². The zero-order valence-electron chi connectivity index (χ0n) is 5.49. The molecule has 1 aliphatic rings. The number of hydrogen-bond donors (Lipinski definition) is 0. The van der Waals surface area contributed by atoms with Crippen LogP contribution < -0.4 is 0 Å². The lowest BCUT2D eigenvalue weighted by molar-refractivity contribution is 0.536. The normalized spacial score (nSPS) is 19.9. The number of aromatic nitrogens is 2. The van der Waals surface area contributed by atoms with Gasteiger partial charge in [0.25, 0.3) is 0 Å². The lowest BCUT2D eigenvalue weighted by Gasteiger charge is -2.03. The molecule has 1 heterocycles. The summed E-state index contributed by atoms with van der Waals surface area (Å²) < 4.78 is 1.74. The van der Waals surface area contributed by atoms with Crippen LogP contribution >= 0.6 is 0 Å². The van der Waals surface area contributed by atoms with Gasteiger partial charge in [-0.2, -0.15) is 10.4 Å². The van der Waals surface area contributed by atoms with Gasteiger partial charge in [0, 0.05) is 12.4 Å². The van der Waals surface area contributed by atoms with E-state index in [0.29, 0.717) is 0 Å². The van der Waals surface area contributed by atoms with Gasteiger partial charge in [-0.15, -0.1) is 0 Å². The Morgan fingerprint density at radius 3 is 2.80 bits per heavy atom. The average molecular weight is 133 g/mol. The Bertz CT molecular complexity index is 264. The highest BCUT2D eigenvalue weighted by atomic mass is 15.3. The van der Waals surface area contributed by atoms with E-state index in [2.05, 4.69) is 11.2 Å². The van der Waals surface area contributed by atoms with Crippen LogP contribution in [-0.4, -0.2) is 9.78 Å². The third-order valence-electron chi connectivity index (χ3n) is 1.87. The SMILES string of the molecule is N#CC1(n2cccn2)CC1. The number of hydrogen-bond acceptors (Lipinski definition) is 2. The molecule has 1 aliphatic carbocycles.